The van der Waals surface area contributed by atoms with Crippen LogP contribution in [-0.4, -0.2) is 20.2 Å². The number of rotatable bonds is 2. The molecule has 0 aromatic carbocycles. The lowest BCUT2D eigenvalue weighted by Crippen LogP contribution is -2.01. The lowest BCUT2D eigenvalue weighted by Gasteiger charge is -1.92. The first-order valence-corrected chi connectivity index (χ1v) is 4.47. The van der Waals surface area contributed by atoms with E-state index in [1.807, 2.05) is 20.8 Å². The molecule has 0 fully saturated rings. The van der Waals surface area contributed by atoms with Crippen LogP contribution in [0.15, 0.2) is 0 Å². The van der Waals surface area contributed by atoms with Crippen LogP contribution in [0.2, 0.25) is 0 Å². The van der Waals surface area contributed by atoms with Gasteiger partial charge in [-0.3, -0.25) is 0 Å². The molecule has 4 nitrogen and oxygen atoms in total. The minimum Gasteiger partial charge on any atom is -0.152 e. The molecule has 70 valence electrons. The Morgan fingerprint density at radius 1 is 1.38 bits per heavy atom. The minimum atomic E-state index is 0.327. The first-order valence-electron chi connectivity index (χ1n) is 4.47. The van der Waals surface area contributed by atoms with Crippen LogP contribution in [0.3, 0.4) is 0 Å². The predicted octanol–water partition coefficient (Wildman–Crippen LogP) is 1.21. The molecule has 1 rings (SSSR count). The zero-order valence-electron chi connectivity index (χ0n) is 8.28. The number of hydrogen-bond donors (Lipinski definition) is 0. The molecular formula is C9H14N4. The van der Waals surface area contributed by atoms with Crippen LogP contribution in [0.25, 0.3) is 0 Å². The van der Waals surface area contributed by atoms with E-state index in [-0.39, 0.29) is 0 Å². The third-order valence-electron chi connectivity index (χ3n) is 1.51. The first kappa shape index (κ1) is 9.72. The molecule has 0 N–H and O–H groups in total. The summed E-state index contributed by atoms with van der Waals surface area (Å²) in [6.45, 7) is 6.63. The normalized spacial score (nSPS) is 9.85. The second-order valence-electron chi connectivity index (χ2n) is 3.04. The molecule has 1 aromatic rings. The SMILES string of the molecule is CCC#CCn1nnc(C(C)C)n1. The highest BCUT2D eigenvalue weighted by molar-refractivity contribution is 4.97. The standard InChI is InChI=1S/C9H14N4/c1-4-5-6-7-13-11-9(8(2)3)10-12-13/h8H,4,7H2,1-3H3. The van der Waals surface area contributed by atoms with Crippen molar-refractivity contribution in [2.75, 3.05) is 0 Å². The molecule has 0 unspecified atom stereocenters. The summed E-state index contributed by atoms with van der Waals surface area (Å²) in [5.41, 5.74) is 0. The van der Waals surface area contributed by atoms with Crippen LogP contribution in [-0.2, 0) is 6.54 Å². The summed E-state index contributed by atoms with van der Waals surface area (Å²) in [5, 5.41) is 12.0. The number of nitrogens with zero attached hydrogens (tertiary/aromatic N) is 4. The Labute approximate surface area is 78.3 Å². The average molecular weight is 178 g/mol. The Balaban J connectivity index is 2.59. The van der Waals surface area contributed by atoms with Gasteiger partial charge in [0, 0.05) is 12.3 Å². The van der Waals surface area contributed by atoms with Gasteiger partial charge in [-0.05, 0) is 5.21 Å². The fourth-order valence-corrected chi connectivity index (χ4v) is 0.805. The molecule has 0 amide bonds. The Kier molecular flexibility index (Phi) is 3.44. The maximum Gasteiger partial charge on any atom is 0.177 e. The van der Waals surface area contributed by atoms with Crippen molar-refractivity contribution in [3.63, 3.8) is 0 Å². The fraction of sp³-hybridized carbons (Fsp3) is 0.667. The van der Waals surface area contributed by atoms with Crippen molar-refractivity contribution >= 4 is 0 Å². The largest absolute Gasteiger partial charge is 0.177 e. The van der Waals surface area contributed by atoms with Crippen LogP contribution in [0.5, 0.6) is 0 Å². The van der Waals surface area contributed by atoms with E-state index in [1.165, 1.54) is 4.80 Å². The van der Waals surface area contributed by atoms with Crippen LogP contribution in [0.4, 0.5) is 0 Å². The molecular weight excluding hydrogens is 164 g/mol. The Morgan fingerprint density at radius 2 is 2.15 bits per heavy atom. The molecule has 4 heteroatoms. The van der Waals surface area contributed by atoms with Gasteiger partial charge in [-0.25, -0.2) is 0 Å². The van der Waals surface area contributed by atoms with Crippen molar-refractivity contribution in [2.45, 2.75) is 39.7 Å². The first-order chi connectivity index (χ1) is 6.24. The van der Waals surface area contributed by atoms with Crippen molar-refractivity contribution < 1.29 is 0 Å². The zero-order valence-corrected chi connectivity index (χ0v) is 8.28. The molecule has 0 bridgehead atoms. The van der Waals surface area contributed by atoms with Gasteiger partial charge in [-0.15, -0.1) is 16.1 Å². The van der Waals surface area contributed by atoms with Gasteiger partial charge >= 0.3 is 0 Å². The van der Waals surface area contributed by atoms with Crippen molar-refractivity contribution in [1.29, 1.82) is 0 Å². The maximum absolute atomic E-state index is 4.17. The van der Waals surface area contributed by atoms with E-state index >= 15 is 0 Å². The fourth-order valence-electron chi connectivity index (χ4n) is 0.805. The van der Waals surface area contributed by atoms with Gasteiger partial charge in [0.05, 0.1) is 0 Å². The highest BCUT2D eigenvalue weighted by Gasteiger charge is 2.05. The Morgan fingerprint density at radius 3 is 2.69 bits per heavy atom. The summed E-state index contributed by atoms with van der Waals surface area (Å²) in [7, 11) is 0. The van der Waals surface area contributed by atoms with Gasteiger partial charge in [0.25, 0.3) is 0 Å². The quantitative estimate of drug-likeness (QED) is 0.639. The molecule has 0 radical (unpaired) electrons. The highest BCUT2D eigenvalue weighted by Crippen LogP contribution is 2.04. The van der Waals surface area contributed by atoms with Crippen LogP contribution < -0.4 is 0 Å². The Bertz CT molecular complexity index is 316. The van der Waals surface area contributed by atoms with E-state index in [1.54, 1.807) is 0 Å². The lowest BCUT2D eigenvalue weighted by atomic mass is 10.2. The van der Waals surface area contributed by atoms with Gasteiger partial charge in [0.15, 0.2) is 5.82 Å². The summed E-state index contributed by atoms with van der Waals surface area (Å²) in [4.78, 5) is 1.53. The molecule has 1 heterocycles. The number of tetrazole rings is 1. The topological polar surface area (TPSA) is 43.6 Å². The van der Waals surface area contributed by atoms with Crippen molar-refractivity contribution in [2.24, 2.45) is 0 Å². The molecule has 0 aliphatic rings. The van der Waals surface area contributed by atoms with E-state index in [4.69, 9.17) is 0 Å². The monoisotopic (exact) mass is 178 g/mol. The maximum atomic E-state index is 4.17. The molecule has 0 atom stereocenters. The average Bonchev–Trinajstić information content (AvgIpc) is 2.53. The highest BCUT2D eigenvalue weighted by atomic mass is 15.6. The molecule has 0 aliphatic carbocycles. The van der Waals surface area contributed by atoms with E-state index in [9.17, 15) is 0 Å². The van der Waals surface area contributed by atoms with E-state index in [0.29, 0.717) is 12.5 Å². The van der Waals surface area contributed by atoms with Crippen molar-refractivity contribution in [1.82, 2.24) is 20.2 Å². The van der Waals surface area contributed by atoms with Crippen LogP contribution in [0, 0.1) is 11.8 Å². The summed E-state index contributed by atoms with van der Waals surface area (Å²) >= 11 is 0. The summed E-state index contributed by atoms with van der Waals surface area (Å²) in [6.07, 6.45) is 0.867. The van der Waals surface area contributed by atoms with Gasteiger partial charge in [0.2, 0.25) is 0 Å². The van der Waals surface area contributed by atoms with Gasteiger partial charge in [-0.2, -0.15) is 4.80 Å². The van der Waals surface area contributed by atoms with Crippen molar-refractivity contribution in [3.05, 3.63) is 5.82 Å². The van der Waals surface area contributed by atoms with E-state index in [0.717, 1.165) is 12.2 Å². The smallest absolute Gasteiger partial charge is 0.152 e. The second-order valence-corrected chi connectivity index (χ2v) is 3.04. The van der Waals surface area contributed by atoms with E-state index in [2.05, 4.69) is 27.3 Å². The molecule has 13 heavy (non-hydrogen) atoms. The van der Waals surface area contributed by atoms with Gasteiger partial charge in [-0.1, -0.05) is 26.7 Å². The molecule has 0 aliphatic heterocycles. The van der Waals surface area contributed by atoms with Crippen molar-refractivity contribution in [3.8, 4) is 11.8 Å². The number of hydrogen-bond acceptors (Lipinski definition) is 3. The Hall–Kier alpha value is -1.37. The van der Waals surface area contributed by atoms with Gasteiger partial charge < -0.3 is 0 Å². The minimum absolute atomic E-state index is 0.327. The van der Waals surface area contributed by atoms with Crippen LogP contribution >= 0.6 is 0 Å². The number of aromatic nitrogens is 4. The predicted molar refractivity (Wildman–Crippen MR) is 50.0 cm³/mol. The third kappa shape index (κ3) is 2.86. The molecule has 0 spiro atoms. The summed E-state index contributed by atoms with van der Waals surface area (Å²) in [5.74, 6) is 7.01. The zero-order chi connectivity index (χ0) is 9.68. The van der Waals surface area contributed by atoms with E-state index < -0.39 is 0 Å². The second kappa shape index (κ2) is 4.61. The molecule has 0 saturated heterocycles. The molecule has 0 saturated carbocycles. The summed E-state index contributed by atoms with van der Waals surface area (Å²) < 4.78 is 0. The van der Waals surface area contributed by atoms with Crippen LogP contribution in [0.1, 0.15) is 38.9 Å². The third-order valence-corrected chi connectivity index (χ3v) is 1.51. The molecule has 1 aromatic heterocycles. The summed E-state index contributed by atoms with van der Waals surface area (Å²) in [6, 6.07) is 0. The lowest BCUT2D eigenvalue weighted by molar-refractivity contribution is 0.587. The van der Waals surface area contributed by atoms with Gasteiger partial charge in [0.1, 0.15) is 6.54 Å².